The Morgan fingerprint density at radius 1 is 1.09 bits per heavy atom. The maximum Gasteiger partial charge on any atom is 0.315 e. The molecule has 0 radical (unpaired) electrons. The van der Waals surface area contributed by atoms with Crippen LogP contribution in [0, 0.1) is 5.92 Å². The van der Waals surface area contributed by atoms with Crippen LogP contribution in [-0.4, -0.2) is 30.7 Å². The zero-order valence-electron chi connectivity index (χ0n) is 19.3. The van der Waals surface area contributed by atoms with Crippen molar-refractivity contribution in [1.29, 1.82) is 0 Å². The lowest BCUT2D eigenvalue weighted by molar-refractivity contribution is -0.143. The zero-order valence-corrected chi connectivity index (χ0v) is 20.1. The van der Waals surface area contributed by atoms with Crippen molar-refractivity contribution in [2.45, 2.75) is 51.6 Å². The summed E-state index contributed by atoms with van der Waals surface area (Å²) >= 11 is 6.05. The Hall–Kier alpha value is -2.92. The fraction of sp³-hybridized carbons (Fsp3) is 0.370. The molecule has 0 amide bonds. The number of aliphatic imine (C=N–C) groups is 1. The van der Waals surface area contributed by atoms with Gasteiger partial charge in [-0.05, 0) is 56.9 Å². The maximum absolute atomic E-state index is 13.6. The molecule has 2 aromatic carbocycles. The van der Waals surface area contributed by atoms with Gasteiger partial charge in [0.1, 0.15) is 11.7 Å². The summed E-state index contributed by atoms with van der Waals surface area (Å²) in [7, 11) is 1.37. The molecule has 0 saturated carbocycles. The molecule has 0 spiro atoms. The van der Waals surface area contributed by atoms with E-state index in [9.17, 15) is 9.59 Å². The van der Waals surface area contributed by atoms with E-state index >= 15 is 0 Å². The number of nitrogens with zero attached hydrogens (tertiary/aromatic N) is 1. The molecule has 0 saturated heterocycles. The molecule has 0 aromatic heterocycles. The molecule has 0 N–H and O–H groups in total. The normalized spacial score (nSPS) is 22.7. The molecule has 5 nitrogen and oxygen atoms in total. The van der Waals surface area contributed by atoms with E-state index in [4.69, 9.17) is 26.1 Å². The first-order chi connectivity index (χ1) is 15.8. The molecule has 6 heteroatoms. The number of ketones is 1. The molecule has 3 atom stereocenters. The standard InChI is InChI=1S/C27H28ClNO4/c1-15(2)33-23-8-6-5-7-20(23)25-24(27(31)32-4)16(3)29-21-13-18(14-22(30)26(21)25)17-9-11-19(28)12-10-17/h5-12,15,18,24-25H,13-14H2,1-4H3/t18-,24?,25-/m1/s1. The summed E-state index contributed by atoms with van der Waals surface area (Å²) in [6, 6.07) is 15.2. The van der Waals surface area contributed by atoms with Crippen molar-refractivity contribution >= 4 is 29.1 Å². The fourth-order valence-electron chi connectivity index (χ4n) is 4.90. The lowest BCUT2D eigenvalue weighted by Crippen LogP contribution is -2.38. The van der Waals surface area contributed by atoms with E-state index in [0.717, 1.165) is 16.8 Å². The van der Waals surface area contributed by atoms with Crippen LogP contribution < -0.4 is 4.74 Å². The minimum Gasteiger partial charge on any atom is -0.491 e. The monoisotopic (exact) mass is 465 g/mol. The number of carbonyl (C=O) groups is 2. The van der Waals surface area contributed by atoms with Gasteiger partial charge in [-0.1, -0.05) is 41.9 Å². The number of para-hydroxylation sites is 1. The number of halogens is 1. The molecule has 1 heterocycles. The van der Waals surface area contributed by atoms with Crippen LogP contribution >= 0.6 is 11.6 Å². The van der Waals surface area contributed by atoms with E-state index in [2.05, 4.69) is 0 Å². The van der Waals surface area contributed by atoms with E-state index in [1.807, 2.05) is 69.3 Å². The van der Waals surface area contributed by atoms with Crippen LogP contribution in [0.1, 0.15) is 56.6 Å². The predicted octanol–water partition coefficient (Wildman–Crippen LogP) is 5.88. The quantitative estimate of drug-likeness (QED) is 0.517. The van der Waals surface area contributed by atoms with Crippen LogP contribution in [-0.2, 0) is 14.3 Å². The van der Waals surface area contributed by atoms with Gasteiger partial charge in [0, 0.05) is 39.9 Å². The van der Waals surface area contributed by atoms with Gasteiger partial charge in [0.2, 0.25) is 0 Å². The second-order valence-electron chi connectivity index (χ2n) is 8.88. The SMILES string of the molecule is COC(=O)C1C(C)=NC2=C(C(=O)C[C@H](c3ccc(Cl)cc3)C2)[C@@H]1c1ccccc1OC(C)C. The van der Waals surface area contributed by atoms with Crippen LogP contribution in [0.15, 0.2) is 64.8 Å². The van der Waals surface area contributed by atoms with Crippen LogP contribution in [0.5, 0.6) is 5.75 Å². The third-order valence-corrected chi connectivity index (χ3v) is 6.55. The molecule has 1 unspecified atom stereocenters. The number of carbonyl (C=O) groups excluding carboxylic acids is 2. The highest BCUT2D eigenvalue weighted by Crippen LogP contribution is 2.48. The van der Waals surface area contributed by atoms with Crippen molar-refractivity contribution in [2.24, 2.45) is 10.9 Å². The zero-order chi connectivity index (χ0) is 23.7. The number of esters is 1. The summed E-state index contributed by atoms with van der Waals surface area (Å²) in [5.41, 5.74) is 3.85. The van der Waals surface area contributed by atoms with Gasteiger partial charge in [-0.2, -0.15) is 0 Å². The maximum atomic E-state index is 13.6. The summed E-state index contributed by atoms with van der Waals surface area (Å²) < 4.78 is 11.2. The van der Waals surface area contributed by atoms with E-state index in [1.54, 1.807) is 0 Å². The van der Waals surface area contributed by atoms with E-state index in [1.165, 1.54) is 7.11 Å². The van der Waals surface area contributed by atoms with Gasteiger partial charge in [-0.15, -0.1) is 0 Å². The fourth-order valence-corrected chi connectivity index (χ4v) is 5.02. The summed E-state index contributed by atoms with van der Waals surface area (Å²) in [5, 5.41) is 0.662. The minimum absolute atomic E-state index is 0.00528. The average molecular weight is 466 g/mol. The number of hydrogen-bond donors (Lipinski definition) is 0. The topological polar surface area (TPSA) is 65.0 Å². The second kappa shape index (κ2) is 9.52. The molecule has 2 aromatic rings. The van der Waals surface area contributed by atoms with Gasteiger partial charge in [-0.3, -0.25) is 14.6 Å². The Balaban J connectivity index is 1.83. The Morgan fingerprint density at radius 3 is 2.45 bits per heavy atom. The Bertz CT molecular complexity index is 1130. The summed E-state index contributed by atoms with van der Waals surface area (Å²) in [6.45, 7) is 5.74. The Labute approximate surface area is 199 Å². The minimum atomic E-state index is -0.679. The number of hydrogen-bond acceptors (Lipinski definition) is 5. The van der Waals surface area contributed by atoms with Crippen molar-refractivity contribution in [1.82, 2.24) is 0 Å². The van der Waals surface area contributed by atoms with Gasteiger partial charge in [-0.25, -0.2) is 0 Å². The summed E-state index contributed by atoms with van der Waals surface area (Å²) in [4.78, 5) is 31.3. The third kappa shape index (κ3) is 4.60. The first-order valence-electron chi connectivity index (χ1n) is 11.2. The van der Waals surface area contributed by atoms with Gasteiger partial charge < -0.3 is 9.47 Å². The van der Waals surface area contributed by atoms with Crippen molar-refractivity contribution in [3.8, 4) is 5.75 Å². The molecule has 0 bridgehead atoms. The molecule has 4 rings (SSSR count). The van der Waals surface area contributed by atoms with Crippen LogP contribution in [0.2, 0.25) is 5.02 Å². The summed E-state index contributed by atoms with van der Waals surface area (Å²) in [5.74, 6) is -0.895. The molecule has 1 aliphatic heterocycles. The highest BCUT2D eigenvalue weighted by Gasteiger charge is 2.45. The first-order valence-corrected chi connectivity index (χ1v) is 11.6. The van der Waals surface area contributed by atoms with E-state index in [-0.39, 0.29) is 17.8 Å². The molecular formula is C27H28ClNO4. The van der Waals surface area contributed by atoms with E-state index in [0.29, 0.717) is 34.9 Å². The average Bonchev–Trinajstić information content (AvgIpc) is 2.78. The second-order valence-corrected chi connectivity index (χ2v) is 9.31. The van der Waals surface area contributed by atoms with Crippen LogP contribution in [0.4, 0.5) is 0 Å². The van der Waals surface area contributed by atoms with Crippen LogP contribution in [0.25, 0.3) is 0 Å². The highest BCUT2D eigenvalue weighted by atomic mass is 35.5. The van der Waals surface area contributed by atoms with E-state index < -0.39 is 17.8 Å². The van der Waals surface area contributed by atoms with Crippen LogP contribution in [0.3, 0.4) is 0 Å². The lowest BCUT2D eigenvalue weighted by Gasteiger charge is -2.37. The van der Waals surface area contributed by atoms with Gasteiger partial charge in [0.05, 0.1) is 13.2 Å². The highest BCUT2D eigenvalue weighted by molar-refractivity contribution is 6.30. The number of benzene rings is 2. The van der Waals surface area contributed by atoms with Gasteiger partial charge in [0.25, 0.3) is 0 Å². The molecular weight excluding hydrogens is 438 g/mol. The Morgan fingerprint density at radius 2 is 1.79 bits per heavy atom. The smallest absolute Gasteiger partial charge is 0.315 e. The molecule has 172 valence electrons. The number of rotatable bonds is 5. The molecule has 33 heavy (non-hydrogen) atoms. The molecule has 0 fully saturated rings. The molecule has 2 aliphatic rings. The van der Waals surface area contributed by atoms with Gasteiger partial charge >= 0.3 is 5.97 Å². The largest absolute Gasteiger partial charge is 0.491 e. The third-order valence-electron chi connectivity index (χ3n) is 6.30. The lowest BCUT2D eigenvalue weighted by atomic mass is 9.69. The predicted molar refractivity (Wildman–Crippen MR) is 129 cm³/mol. The Kier molecular flexibility index (Phi) is 6.71. The number of Topliss-reactive ketones (excluding diaryl/α,β-unsaturated/α-hetero) is 1. The number of allylic oxidation sites excluding steroid dienone is 2. The number of methoxy groups -OCH3 is 1. The molecule has 1 aliphatic carbocycles. The van der Waals surface area contributed by atoms with Gasteiger partial charge in [0.15, 0.2) is 5.78 Å². The van der Waals surface area contributed by atoms with Crippen molar-refractivity contribution in [3.05, 3.63) is 76.0 Å². The number of ether oxygens (including phenoxy) is 2. The first kappa shape index (κ1) is 23.2. The van der Waals surface area contributed by atoms with Crippen molar-refractivity contribution in [3.63, 3.8) is 0 Å². The van der Waals surface area contributed by atoms with Crippen molar-refractivity contribution < 1.29 is 19.1 Å². The van der Waals surface area contributed by atoms with Crippen molar-refractivity contribution in [2.75, 3.05) is 7.11 Å². The summed E-state index contributed by atoms with van der Waals surface area (Å²) in [6.07, 6.45) is 0.926.